The van der Waals surface area contributed by atoms with E-state index in [-0.39, 0.29) is 10.8 Å². The number of rotatable bonds is 1. The minimum Gasteiger partial charge on any atom is -0.469 e. The Morgan fingerprint density at radius 3 is 2.33 bits per heavy atom. The van der Waals surface area contributed by atoms with Gasteiger partial charge in [0.2, 0.25) is 6.33 Å². The van der Waals surface area contributed by atoms with Crippen LogP contribution in [-0.2, 0) is 10.8 Å². The topological polar surface area (TPSA) is 18.0 Å². The summed E-state index contributed by atoms with van der Waals surface area (Å²) in [6, 6.07) is 11.3. The lowest BCUT2D eigenvalue weighted by Crippen LogP contribution is -2.37. The molecule has 0 N–H and O–H groups in total. The Morgan fingerprint density at radius 1 is 1.00 bits per heavy atom. The highest BCUT2D eigenvalue weighted by Gasteiger charge is 2.38. The first kappa shape index (κ1) is 16.9. The van der Waals surface area contributed by atoms with E-state index in [1.54, 1.807) is 0 Å². The van der Waals surface area contributed by atoms with Crippen molar-refractivity contribution in [1.82, 2.24) is 4.57 Å². The summed E-state index contributed by atoms with van der Waals surface area (Å²) in [6.45, 7) is 13.9. The van der Waals surface area contributed by atoms with E-state index in [0.717, 1.165) is 22.7 Å². The second-order valence-electron chi connectivity index (χ2n) is 9.76. The molecule has 0 atom stereocenters. The third kappa shape index (κ3) is 2.24. The summed E-state index contributed by atoms with van der Waals surface area (Å²) in [7, 11) is 0. The molecular weight excluding hydrogens is 332 g/mol. The largest absolute Gasteiger partial charge is 0.469 e. The number of fused-ring (bicyclic) bond motifs is 3. The van der Waals surface area contributed by atoms with Gasteiger partial charge in [0.1, 0.15) is 11.5 Å². The fourth-order valence-corrected chi connectivity index (χ4v) is 4.75. The van der Waals surface area contributed by atoms with Crippen LogP contribution in [0.3, 0.4) is 0 Å². The van der Waals surface area contributed by atoms with Gasteiger partial charge in [0.15, 0.2) is 0 Å². The predicted molar refractivity (Wildman–Crippen MR) is 108 cm³/mol. The van der Waals surface area contributed by atoms with Gasteiger partial charge in [0.25, 0.3) is 0 Å². The number of hydrogen-bond acceptors (Lipinski definition) is 1. The Bertz CT molecular complexity index is 1090. The van der Waals surface area contributed by atoms with Crippen molar-refractivity contribution in [3.63, 3.8) is 0 Å². The van der Waals surface area contributed by atoms with Gasteiger partial charge in [0.05, 0.1) is 22.8 Å². The quantitative estimate of drug-likeness (QED) is 0.312. The van der Waals surface area contributed by atoms with Gasteiger partial charge in [0, 0.05) is 0 Å². The van der Waals surface area contributed by atoms with Gasteiger partial charge in [-0.15, -0.1) is 0 Å². The van der Waals surface area contributed by atoms with Crippen LogP contribution in [0.1, 0.15) is 71.6 Å². The zero-order valence-electron chi connectivity index (χ0n) is 17.2. The fraction of sp³-hybridized carbons (Fsp3) is 0.458. The van der Waals surface area contributed by atoms with Crippen molar-refractivity contribution in [3.8, 4) is 17.2 Å². The minimum absolute atomic E-state index is 0.174. The molecule has 1 aromatic heterocycles. The van der Waals surface area contributed by atoms with Crippen LogP contribution in [0, 0.1) is 6.33 Å². The Labute approximate surface area is 161 Å². The van der Waals surface area contributed by atoms with Crippen LogP contribution in [0.2, 0.25) is 0 Å². The Hall–Kier alpha value is -2.29. The average molecular weight is 361 g/mol. The molecule has 0 radical (unpaired) electrons. The summed E-state index contributed by atoms with van der Waals surface area (Å²) in [5.41, 5.74) is 6.63. The van der Waals surface area contributed by atoms with E-state index in [2.05, 4.69) is 87.3 Å². The van der Waals surface area contributed by atoms with Gasteiger partial charge in [-0.1, -0.05) is 39.8 Å². The molecule has 140 valence electrons. The molecule has 1 aliphatic carbocycles. The molecule has 1 aliphatic heterocycles. The summed E-state index contributed by atoms with van der Waals surface area (Å²) >= 11 is 0. The molecule has 2 aliphatic rings. The molecule has 3 heteroatoms. The van der Waals surface area contributed by atoms with Crippen LogP contribution >= 0.6 is 0 Å². The summed E-state index contributed by atoms with van der Waals surface area (Å²) in [5, 5.41) is 0. The Kier molecular flexibility index (Phi) is 3.22. The van der Waals surface area contributed by atoms with Crippen LogP contribution < -0.4 is 9.30 Å². The highest BCUT2D eigenvalue weighted by atomic mass is 16.5. The SMILES string of the molecule is CC(C)n1[c-][n+]2c3c(cccc31)Oc1cc3c(cc1-2)C(C)(C)CCC3(C)C. The molecule has 27 heavy (non-hydrogen) atoms. The number of hydrogen-bond donors (Lipinski definition) is 0. The summed E-state index contributed by atoms with van der Waals surface area (Å²) in [6.07, 6.45) is 6.01. The molecule has 5 rings (SSSR count). The molecule has 0 amide bonds. The van der Waals surface area contributed by atoms with Crippen molar-refractivity contribution in [3.05, 3.63) is 47.8 Å². The van der Waals surface area contributed by atoms with E-state index in [1.807, 2.05) is 0 Å². The van der Waals surface area contributed by atoms with Gasteiger partial charge in [-0.25, -0.2) is 0 Å². The van der Waals surface area contributed by atoms with Crippen molar-refractivity contribution >= 4 is 11.0 Å². The minimum atomic E-state index is 0.174. The summed E-state index contributed by atoms with van der Waals surface area (Å²) in [5.74, 6) is 1.87. The van der Waals surface area contributed by atoms with E-state index in [1.165, 1.54) is 29.5 Å². The first-order valence-corrected chi connectivity index (χ1v) is 10.0. The molecule has 2 heterocycles. The zero-order chi connectivity index (χ0) is 19.1. The van der Waals surface area contributed by atoms with E-state index in [9.17, 15) is 0 Å². The fourth-order valence-electron chi connectivity index (χ4n) is 4.75. The molecule has 2 aromatic carbocycles. The van der Waals surface area contributed by atoms with E-state index < -0.39 is 0 Å². The molecule has 0 saturated carbocycles. The molecule has 3 aromatic rings. The molecule has 0 fully saturated rings. The van der Waals surface area contributed by atoms with Crippen LogP contribution in [-0.4, -0.2) is 4.57 Å². The summed E-state index contributed by atoms with van der Waals surface area (Å²) in [4.78, 5) is 0. The highest BCUT2D eigenvalue weighted by Crippen LogP contribution is 2.49. The van der Waals surface area contributed by atoms with Crippen LogP contribution in [0.5, 0.6) is 11.5 Å². The zero-order valence-corrected chi connectivity index (χ0v) is 17.2. The predicted octanol–water partition coefficient (Wildman–Crippen LogP) is 5.75. The van der Waals surface area contributed by atoms with Crippen molar-refractivity contribution in [2.45, 2.75) is 71.3 Å². The molecular formula is C24H28N2O. The van der Waals surface area contributed by atoms with Gasteiger partial charge in [-0.05, 0) is 66.8 Å². The smallest absolute Gasteiger partial charge is 0.244 e. The maximum absolute atomic E-state index is 6.42. The highest BCUT2D eigenvalue weighted by molar-refractivity contribution is 5.81. The lowest BCUT2D eigenvalue weighted by molar-refractivity contribution is -0.576. The lowest BCUT2D eigenvalue weighted by Gasteiger charge is -2.42. The summed E-state index contributed by atoms with van der Waals surface area (Å²) < 4.78 is 10.8. The van der Waals surface area contributed by atoms with Gasteiger partial charge in [-0.3, -0.25) is 0 Å². The van der Waals surface area contributed by atoms with E-state index in [4.69, 9.17) is 4.74 Å². The Morgan fingerprint density at radius 2 is 1.67 bits per heavy atom. The van der Waals surface area contributed by atoms with Crippen LogP contribution in [0.15, 0.2) is 30.3 Å². The monoisotopic (exact) mass is 360 g/mol. The second-order valence-corrected chi connectivity index (χ2v) is 9.76. The van der Waals surface area contributed by atoms with Crippen molar-refractivity contribution < 1.29 is 9.30 Å². The van der Waals surface area contributed by atoms with Gasteiger partial charge < -0.3 is 13.9 Å². The second kappa shape index (κ2) is 5.15. The number of para-hydroxylation sites is 1. The third-order valence-corrected chi connectivity index (χ3v) is 6.58. The normalized spacial score (nSPS) is 18.9. The van der Waals surface area contributed by atoms with Crippen molar-refractivity contribution in [1.29, 1.82) is 0 Å². The molecule has 0 bridgehead atoms. The van der Waals surface area contributed by atoms with Gasteiger partial charge >= 0.3 is 0 Å². The van der Waals surface area contributed by atoms with E-state index >= 15 is 0 Å². The van der Waals surface area contributed by atoms with Crippen LogP contribution in [0.25, 0.3) is 16.7 Å². The van der Waals surface area contributed by atoms with E-state index in [0.29, 0.717) is 6.04 Å². The van der Waals surface area contributed by atoms with Crippen molar-refractivity contribution in [2.24, 2.45) is 0 Å². The first-order chi connectivity index (χ1) is 12.7. The molecule has 3 nitrogen and oxygen atoms in total. The van der Waals surface area contributed by atoms with Crippen LogP contribution in [0.4, 0.5) is 0 Å². The molecule has 0 saturated heterocycles. The number of benzene rings is 2. The van der Waals surface area contributed by atoms with Gasteiger partial charge in [-0.2, -0.15) is 0 Å². The van der Waals surface area contributed by atoms with Crippen molar-refractivity contribution in [2.75, 3.05) is 0 Å². The standard InChI is InChI=1S/C24H28N2O/c1-15(2)25-14-26-19-12-16-17(24(5,6)11-10-23(16,3)4)13-21(19)27-20-9-7-8-18(25)22(20)26/h7-9,12-13,15H,10-11H2,1-6H3. The molecule has 0 spiro atoms. The number of imidazole rings is 1. The average Bonchev–Trinajstić information content (AvgIpc) is 3.00. The first-order valence-electron chi connectivity index (χ1n) is 10.0. The maximum atomic E-state index is 6.42. The number of ether oxygens (including phenoxy) is 1. The number of nitrogens with zero attached hydrogens (tertiary/aromatic N) is 2. The Balaban J connectivity index is 1.84. The molecule has 0 unspecified atom stereocenters. The third-order valence-electron chi connectivity index (χ3n) is 6.58. The number of aromatic nitrogens is 2. The maximum Gasteiger partial charge on any atom is 0.244 e. The lowest BCUT2D eigenvalue weighted by atomic mass is 9.63.